The van der Waals surface area contributed by atoms with Crippen molar-refractivity contribution in [3.05, 3.63) is 89.5 Å². The van der Waals surface area contributed by atoms with Crippen LogP contribution in [0.2, 0.25) is 6.82 Å². The van der Waals surface area contributed by atoms with Crippen molar-refractivity contribution >= 4 is 47.1 Å². The quantitative estimate of drug-likeness (QED) is 0.450. The van der Waals surface area contributed by atoms with Crippen molar-refractivity contribution in [1.82, 2.24) is 4.92 Å². The molecule has 2 aliphatic heterocycles. The molecule has 3 aromatic carbocycles. The van der Waals surface area contributed by atoms with Crippen molar-refractivity contribution in [3.8, 4) is 0 Å². The number of benzene rings is 3. The van der Waals surface area contributed by atoms with Crippen LogP contribution in [-0.4, -0.2) is 17.4 Å². The van der Waals surface area contributed by atoms with E-state index in [0.29, 0.717) is 0 Å². The second kappa shape index (κ2) is 6.45. The summed E-state index contributed by atoms with van der Waals surface area (Å²) in [5, 5.41) is 4.71. The van der Waals surface area contributed by atoms with Crippen LogP contribution in [0.25, 0.3) is 23.1 Å². The molecule has 0 N–H and O–H groups in total. The Hall–Kier alpha value is -3.60. The first-order valence-electron chi connectivity index (χ1n) is 10.8. The predicted octanol–water partition coefficient (Wildman–Crippen LogP) is 4.74. The zero-order valence-electron chi connectivity index (χ0n) is 18.0. The lowest BCUT2D eigenvalue weighted by Gasteiger charge is -2.47. The van der Waals surface area contributed by atoms with E-state index in [1.165, 1.54) is 17.1 Å². The molecule has 0 unspecified atom stereocenters. The number of fused-ring (bicyclic) bond motifs is 4. The molecule has 5 heteroatoms. The highest BCUT2D eigenvalue weighted by molar-refractivity contribution is 6.70. The smallest absolute Gasteiger partial charge is 0.306 e. The molecule has 0 bridgehead atoms. The molecule has 31 heavy (non-hydrogen) atoms. The third kappa shape index (κ3) is 2.56. The summed E-state index contributed by atoms with van der Waals surface area (Å²) in [6.07, 6.45) is 2.25. The van der Waals surface area contributed by atoms with Gasteiger partial charge in [-0.2, -0.15) is 0 Å². The van der Waals surface area contributed by atoms with Gasteiger partial charge in [0.2, 0.25) is 0 Å². The fourth-order valence-electron chi connectivity index (χ4n) is 5.08. The van der Waals surface area contributed by atoms with E-state index in [9.17, 15) is 0 Å². The number of rotatable bonds is 2. The number of para-hydroxylation sites is 4. The molecule has 1 aromatic heterocycles. The fourth-order valence-corrected chi connectivity index (χ4v) is 5.08. The maximum Gasteiger partial charge on any atom is 0.306 e. The van der Waals surface area contributed by atoms with Gasteiger partial charge in [0, 0.05) is 22.5 Å². The number of furan rings is 1. The first-order valence-corrected chi connectivity index (χ1v) is 10.8. The van der Waals surface area contributed by atoms with Crippen molar-refractivity contribution < 1.29 is 4.42 Å². The molecule has 0 radical (unpaired) electrons. The molecular formula is C26H24BN3O. The zero-order valence-corrected chi connectivity index (χ0v) is 18.0. The Balaban J connectivity index is 1.56. The van der Waals surface area contributed by atoms with Crippen LogP contribution in [0, 0.1) is 0 Å². The first kappa shape index (κ1) is 18.2. The lowest BCUT2D eigenvalue weighted by molar-refractivity contribution is 0.387. The van der Waals surface area contributed by atoms with Gasteiger partial charge in [-0.1, -0.05) is 55.4 Å². The van der Waals surface area contributed by atoms with Gasteiger partial charge in [0.15, 0.2) is 0 Å². The Morgan fingerprint density at radius 2 is 1.48 bits per heavy atom. The molecule has 0 saturated carbocycles. The number of nitrogens with zero attached hydrogens (tertiary/aromatic N) is 3. The predicted molar refractivity (Wildman–Crippen MR) is 129 cm³/mol. The third-order valence-corrected chi connectivity index (χ3v) is 6.40. The summed E-state index contributed by atoms with van der Waals surface area (Å²) in [6.45, 7) is 6.93. The number of hydrogen-bond acceptors (Lipinski definition) is 4. The minimum absolute atomic E-state index is 0.149. The summed E-state index contributed by atoms with van der Waals surface area (Å²) >= 11 is 0. The van der Waals surface area contributed by atoms with Crippen molar-refractivity contribution in [2.75, 3.05) is 9.91 Å². The molecule has 152 valence electrons. The van der Waals surface area contributed by atoms with Gasteiger partial charge < -0.3 is 14.2 Å². The van der Waals surface area contributed by atoms with E-state index in [1.54, 1.807) is 0 Å². The Labute approximate surface area is 182 Å². The highest BCUT2D eigenvalue weighted by Gasteiger charge is 2.46. The van der Waals surface area contributed by atoms with Crippen molar-refractivity contribution in [2.45, 2.75) is 26.3 Å². The molecule has 0 saturated heterocycles. The molecule has 6 rings (SSSR count). The third-order valence-electron chi connectivity index (χ3n) is 6.40. The molecule has 0 amide bonds. The van der Waals surface area contributed by atoms with E-state index in [4.69, 9.17) is 4.42 Å². The lowest BCUT2D eigenvalue weighted by Crippen LogP contribution is -2.61. The highest BCUT2D eigenvalue weighted by Crippen LogP contribution is 2.50. The van der Waals surface area contributed by atoms with Crippen LogP contribution in [-0.2, 0) is 0 Å². The van der Waals surface area contributed by atoms with E-state index in [0.717, 1.165) is 21.6 Å². The number of anilines is 3. The fraction of sp³-hybridized carbons (Fsp3) is 0.154. The summed E-state index contributed by atoms with van der Waals surface area (Å²) in [5.74, 6) is 2.22. The van der Waals surface area contributed by atoms with Gasteiger partial charge in [-0.05, 0) is 50.2 Å². The minimum atomic E-state index is -0.305. The van der Waals surface area contributed by atoms with E-state index >= 15 is 0 Å². The van der Waals surface area contributed by atoms with E-state index in [2.05, 4.69) is 114 Å². The molecular weight excluding hydrogens is 381 g/mol. The summed E-state index contributed by atoms with van der Waals surface area (Å²) in [4.78, 5) is 4.78. The van der Waals surface area contributed by atoms with Crippen LogP contribution in [0.5, 0.6) is 0 Å². The molecule has 4 aromatic rings. The largest absolute Gasteiger partial charge is 0.457 e. The number of hydrogen-bond donors (Lipinski definition) is 0. The maximum atomic E-state index is 6.14. The van der Waals surface area contributed by atoms with Crippen LogP contribution in [0.1, 0.15) is 13.8 Å². The van der Waals surface area contributed by atoms with E-state index < -0.39 is 0 Å². The second-order valence-corrected chi connectivity index (χ2v) is 8.76. The highest BCUT2D eigenvalue weighted by atomic mass is 16.3. The van der Waals surface area contributed by atoms with Crippen molar-refractivity contribution in [1.29, 1.82) is 0 Å². The average Bonchev–Trinajstić information content (AvgIpc) is 3.24. The van der Waals surface area contributed by atoms with Crippen LogP contribution in [0.4, 0.5) is 17.1 Å². The maximum absolute atomic E-state index is 6.14. The van der Waals surface area contributed by atoms with E-state index in [1.807, 2.05) is 12.1 Å². The molecule has 0 fully saturated rings. The zero-order chi connectivity index (χ0) is 21.2. The second-order valence-electron chi connectivity index (χ2n) is 8.76. The molecule has 2 aliphatic rings. The topological polar surface area (TPSA) is 22.9 Å². The summed E-state index contributed by atoms with van der Waals surface area (Å²) < 4.78 is 6.14. The first-order chi connectivity index (χ1) is 15.1. The van der Waals surface area contributed by atoms with Gasteiger partial charge >= 0.3 is 6.85 Å². The summed E-state index contributed by atoms with van der Waals surface area (Å²) in [6, 6.07) is 27.6. The van der Waals surface area contributed by atoms with Gasteiger partial charge in [0.05, 0.1) is 11.4 Å². The van der Waals surface area contributed by atoms with Crippen LogP contribution in [0.3, 0.4) is 0 Å². The average molecular weight is 405 g/mol. The number of hydrazine groups is 1. The van der Waals surface area contributed by atoms with Gasteiger partial charge in [-0.25, -0.2) is 0 Å². The van der Waals surface area contributed by atoms with Gasteiger partial charge in [-0.3, -0.25) is 5.01 Å². The van der Waals surface area contributed by atoms with Crippen LogP contribution < -0.4 is 20.5 Å². The molecule has 3 heterocycles. The molecule has 0 aliphatic carbocycles. The lowest BCUT2D eigenvalue weighted by atomic mass is 9.63. The Kier molecular flexibility index (Phi) is 3.79. The molecule has 4 nitrogen and oxygen atoms in total. The summed E-state index contributed by atoms with van der Waals surface area (Å²) in [5.41, 5.74) is 5.17. The minimum Gasteiger partial charge on any atom is -0.457 e. The Morgan fingerprint density at radius 1 is 0.806 bits per heavy atom. The van der Waals surface area contributed by atoms with Gasteiger partial charge in [0.25, 0.3) is 0 Å². The van der Waals surface area contributed by atoms with Crippen molar-refractivity contribution in [3.63, 3.8) is 0 Å². The standard InChI is InChI=1S/C26H24BN3O/c1-26(2)29(19-11-5-4-6-12-19)22-14-8-9-15-23(22)30(26)28-18-21-20-13-7-10-16-24(20)31-25(21)17-27(28)3/h4-18H,1-3H3. The normalized spacial score (nSPS) is 16.7. The van der Waals surface area contributed by atoms with Crippen LogP contribution in [0.15, 0.2) is 83.3 Å². The Morgan fingerprint density at radius 3 is 2.29 bits per heavy atom. The van der Waals surface area contributed by atoms with Gasteiger partial charge in [0.1, 0.15) is 16.7 Å². The van der Waals surface area contributed by atoms with E-state index in [-0.39, 0.29) is 12.5 Å². The molecule has 0 spiro atoms. The monoisotopic (exact) mass is 405 g/mol. The molecule has 0 atom stereocenters. The van der Waals surface area contributed by atoms with Gasteiger partial charge in [-0.15, -0.1) is 0 Å². The summed E-state index contributed by atoms with van der Waals surface area (Å²) in [7, 11) is 0. The SMILES string of the molecule is CB1C=c2oc3ccccc3c2=CN1N1c2ccccc2N(c2ccccc2)C1(C)C. The van der Waals surface area contributed by atoms with Crippen molar-refractivity contribution in [2.24, 2.45) is 0 Å². The van der Waals surface area contributed by atoms with Crippen LogP contribution >= 0.6 is 0 Å². The Bertz CT molecular complexity index is 1410.